The Morgan fingerprint density at radius 1 is 1.40 bits per heavy atom. The van der Waals surface area contributed by atoms with E-state index in [1.807, 2.05) is 0 Å². The molecule has 2 N–H and O–H groups in total. The van der Waals surface area contributed by atoms with Gasteiger partial charge in [0.05, 0.1) is 0 Å². The Morgan fingerprint density at radius 3 is 2.53 bits per heavy atom. The molecule has 4 nitrogen and oxygen atoms in total. The topological polar surface area (TPSA) is 69.4 Å². The number of nitrogens with two attached hydrogens (primary N) is 1. The summed E-state index contributed by atoms with van der Waals surface area (Å²) in [6.45, 7) is 3.36. The van der Waals surface area contributed by atoms with Crippen molar-refractivity contribution in [3.63, 3.8) is 0 Å². The summed E-state index contributed by atoms with van der Waals surface area (Å²) in [6.07, 6.45) is -0.137. The summed E-state index contributed by atoms with van der Waals surface area (Å²) in [5, 5.41) is 0. The molecule has 0 aromatic heterocycles. The average molecular weight is 207 g/mol. The number of primary amides is 1. The summed E-state index contributed by atoms with van der Waals surface area (Å²) in [4.78, 5) is 21.5. The first-order chi connectivity index (χ1) is 6.97. The summed E-state index contributed by atoms with van der Waals surface area (Å²) in [7, 11) is 0. The highest BCUT2D eigenvalue weighted by Crippen LogP contribution is 2.26. The molecule has 4 heteroatoms. The van der Waals surface area contributed by atoms with E-state index in [1.165, 1.54) is 0 Å². The third-order valence-electron chi connectivity index (χ3n) is 2.09. The van der Waals surface area contributed by atoms with Crippen molar-refractivity contribution in [2.75, 3.05) is 0 Å². The van der Waals surface area contributed by atoms with E-state index in [-0.39, 0.29) is 0 Å². The fraction of sp³-hybridized carbons (Fsp3) is 0.273. The van der Waals surface area contributed by atoms with Crippen LogP contribution in [0.4, 0.5) is 4.79 Å². The van der Waals surface area contributed by atoms with Gasteiger partial charge in [-0.25, -0.2) is 4.79 Å². The third kappa shape index (κ3) is 2.56. The summed E-state index contributed by atoms with van der Waals surface area (Å²) in [6, 6.07) is 6.91. The highest BCUT2D eigenvalue weighted by molar-refractivity contribution is 5.78. The quantitative estimate of drug-likeness (QED) is 0.768. The van der Waals surface area contributed by atoms with Gasteiger partial charge in [0.2, 0.25) is 0 Å². The lowest BCUT2D eigenvalue weighted by molar-refractivity contribution is 0.0425. The number of carbonyl (C=O) groups is 2. The molecule has 0 saturated heterocycles. The second-order valence-corrected chi connectivity index (χ2v) is 3.64. The first-order valence-electron chi connectivity index (χ1n) is 4.50. The molecule has 1 aromatic rings. The summed E-state index contributed by atoms with van der Waals surface area (Å²) < 4.78 is 4.95. The van der Waals surface area contributed by atoms with Crippen LogP contribution >= 0.6 is 0 Å². The van der Waals surface area contributed by atoms with Crippen LogP contribution < -0.4 is 5.73 Å². The fourth-order valence-corrected chi connectivity index (χ4v) is 1.45. The average Bonchev–Trinajstić information content (AvgIpc) is 2.16. The van der Waals surface area contributed by atoms with E-state index in [0.717, 1.165) is 6.29 Å². The van der Waals surface area contributed by atoms with Crippen LogP contribution in [0.5, 0.6) is 0 Å². The van der Waals surface area contributed by atoms with Crippen molar-refractivity contribution in [2.45, 2.75) is 19.4 Å². The van der Waals surface area contributed by atoms with Crippen molar-refractivity contribution >= 4 is 12.4 Å². The molecule has 1 aromatic carbocycles. The Bertz CT molecular complexity index is 385. The predicted molar refractivity (Wildman–Crippen MR) is 55.5 cm³/mol. The highest BCUT2D eigenvalue weighted by atomic mass is 16.6. The molecule has 0 fully saturated rings. The standard InChI is InChI=1S/C11H13NO3/c1-11(2,15-10(12)14)9-6-4-3-5-8(9)7-13/h3-7H,1-2H3,(H2,12,14). The number of carbonyl (C=O) groups excluding carboxylic acids is 2. The number of aldehydes is 1. The monoisotopic (exact) mass is 207 g/mol. The molecule has 0 bridgehead atoms. The van der Waals surface area contributed by atoms with Gasteiger partial charge in [-0.05, 0) is 13.8 Å². The normalized spacial score (nSPS) is 10.8. The van der Waals surface area contributed by atoms with Crippen LogP contribution in [0.25, 0.3) is 0 Å². The Labute approximate surface area is 88.0 Å². The maximum atomic E-state index is 10.8. The smallest absolute Gasteiger partial charge is 0.405 e. The molecule has 1 rings (SSSR count). The van der Waals surface area contributed by atoms with Gasteiger partial charge in [0.25, 0.3) is 0 Å². The van der Waals surface area contributed by atoms with Crippen molar-refractivity contribution in [3.8, 4) is 0 Å². The molecule has 0 unspecified atom stereocenters. The van der Waals surface area contributed by atoms with Gasteiger partial charge in [-0.3, -0.25) is 4.79 Å². The van der Waals surface area contributed by atoms with E-state index in [2.05, 4.69) is 0 Å². The summed E-state index contributed by atoms with van der Waals surface area (Å²) >= 11 is 0. The van der Waals surface area contributed by atoms with E-state index >= 15 is 0 Å². The largest absolute Gasteiger partial charge is 0.439 e. The molecule has 80 valence electrons. The molecule has 0 heterocycles. The van der Waals surface area contributed by atoms with Crippen molar-refractivity contribution in [3.05, 3.63) is 35.4 Å². The highest BCUT2D eigenvalue weighted by Gasteiger charge is 2.26. The Balaban J connectivity index is 3.13. The minimum absolute atomic E-state index is 0.490. The van der Waals surface area contributed by atoms with Crippen molar-refractivity contribution < 1.29 is 14.3 Å². The third-order valence-corrected chi connectivity index (χ3v) is 2.09. The molecule has 0 aliphatic carbocycles. The Morgan fingerprint density at radius 2 is 2.00 bits per heavy atom. The van der Waals surface area contributed by atoms with Gasteiger partial charge in [0, 0.05) is 11.1 Å². The molecule has 0 saturated carbocycles. The number of ether oxygens (including phenoxy) is 1. The summed E-state index contributed by atoms with van der Waals surface area (Å²) in [5.74, 6) is 0. The minimum Gasteiger partial charge on any atom is -0.439 e. The SMILES string of the molecule is CC(C)(OC(N)=O)c1ccccc1C=O. The second kappa shape index (κ2) is 4.13. The number of rotatable bonds is 3. The molecule has 0 atom stereocenters. The number of hydrogen-bond donors (Lipinski definition) is 1. The molecule has 0 aliphatic heterocycles. The maximum absolute atomic E-state index is 10.8. The molecular weight excluding hydrogens is 194 g/mol. The Hall–Kier alpha value is -1.84. The van der Waals surface area contributed by atoms with Gasteiger partial charge in [-0.1, -0.05) is 24.3 Å². The zero-order chi connectivity index (χ0) is 11.5. The van der Waals surface area contributed by atoms with Crippen LogP contribution in [0, 0.1) is 0 Å². The van der Waals surface area contributed by atoms with Crippen LogP contribution in [0.2, 0.25) is 0 Å². The van der Waals surface area contributed by atoms with E-state index < -0.39 is 11.7 Å². The lowest BCUT2D eigenvalue weighted by atomic mass is 9.93. The van der Waals surface area contributed by atoms with Crippen LogP contribution in [-0.4, -0.2) is 12.4 Å². The van der Waals surface area contributed by atoms with Gasteiger partial charge in [0.15, 0.2) is 0 Å². The lowest BCUT2D eigenvalue weighted by Crippen LogP contribution is -2.29. The van der Waals surface area contributed by atoms with Crippen LogP contribution in [0.1, 0.15) is 29.8 Å². The fourth-order valence-electron chi connectivity index (χ4n) is 1.45. The first kappa shape index (κ1) is 11.2. The molecule has 0 aliphatic rings. The summed E-state index contributed by atoms with van der Waals surface area (Å²) in [5.41, 5.74) is 5.19. The van der Waals surface area contributed by atoms with Gasteiger partial charge in [-0.15, -0.1) is 0 Å². The zero-order valence-corrected chi connectivity index (χ0v) is 8.69. The van der Waals surface area contributed by atoms with Gasteiger partial charge in [0.1, 0.15) is 11.9 Å². The molecule has 15 heavy (non-hydrogen) atoms. The predicted octanol–water partition coefficient (Wildman–Crippen LogP) is 1.83. The maximum Gasteiger partial charge on any atom is 0.405 e. The first-order valence-corrected chi connectivity index (χ1v) is 4.50. The van der Waals surface area contributed by atoms with E-state index in [0.29, 0.717) is 11.1 Å². The second-order valence-electron chi connectivity index (χ2n) is 3.64. The van der Waals surface area contributed by atoms with Gasteiger partial charge < -0.3 is 10.5 Å². The zero-order valence-electron chi connectivity index (χ0n) is 8.69. The number of hydrogen-bond acceptors (Lipinski definition) is 3. The number of benzene rings is 1. The van der Waals surface area contributed by atoms with Crippen molar-refractivity contribution in [2.24, 2.45) is 5.73 Å². The van der Waals surface area contributed by atoms with E-state index in [9.17, 15) is 9.59 Å². The minimum atomic E-state index is -0.899. The molecule has 1 amide bonds. The van der Waals surface area contributed by atoms with Gasteiger partial charge >= 0.3 is 6.09 Å². The van der Waals surface area contributed by atoms with Crippen LogP contribution in [0.3, 0.4) is 0 Å². The van der Waals surface area contributed by atoms with Crippen molar-refractivity contribution in [1.29, 1.82) is 0 Å². The van der Waals surface area contributed by atoms with E-state index in [1.54, 1.807) is 38.1 Å². The van der Waals surface area contributed by atoms with Crippen LogP contribution in [-0.2, 0) is 10.3 Å². The molecule has 0 radical (unpaired) electrons. The van der Waals surface area contributed by atoms with Gasteiger partial charge in [-0.2, -0.15) is 0 Å². The van der Waals surface area contributed by atoms with Crippen LogP contribution in [0.15, 0.2) is 24.3 Å². The van der Waals surface area contributed by atoms with Crippen molar-refractivity contribution in [1.82, 2.24) is 0 Å². The lowest BCUT2D eigenvalue weighted by Gasteiger charge is -2.25. The molecular formula is C11H13NO3. The Kier molecular flexibility index (Phi) is 3.09. The number of amides is 1. The molecule has 0 spiro atoms. The van der Waals surface area contributed by atoms with E-state index in [4.69, 9.17) is 10.5 Å².